The number of hydrogen-bond donors (Lipinski definition) is 2. The van der Waals surface area contributed by atoms with E-state index in [1.54, 1.807) is 12.1 Å². The van der Waals surface area contributed by atoms with Crippen molar-refractivity contribution < 1.29 is 14.2 Å². The molecule has 0 saturated heterocycles. The third-order valence-corrected chi connectivity index (χ3v) is 2.61. The van der Waals surface area contributed by atoms with Gasteiger partial charge in [-0.05, 0) is 12.1 Å². The van der Waals surface area contributed by atoms with Gasteiger partial charge in [-0.3, -0.25) is 4.84 Å². The molecule has 1 aromatic heterocycles. The highest BCUT2D eigenvalue weighted by atomic mass is 35.5. The van der Waals surface area contributed by atoms with E-state index in [0.717, 1.165) is 5.56 Å². The van der Waals surface area contributed by atoms with Crippen molar-refractivity contribution in [1.29, 1.82) is 0 Å². The minimum absolute atomic E-state index is 0.354. The van der Waals surface area contributed by atoms with Gasteiger partial charge in [0.2, 0.25) is 11.7 Å². The Morgan fingerprint density at radius 3 is 3.10 bits per heavy atom. The van der Waals surface area contributed by atoms with Gasteiger partial charge in [-0.15, -0.1) is 0 Å². The molecular weight excluding hydrogens is 284 g/mol. The molecule has 0 radical (unpaired) electrons. The fraction of sp³-hybridized carbons (Fsp3) is 0.250. The average Bonchev–Trinajstić information content (AvgIpc) is 2.88. The van der Waals surface area contributed by atoms with Gasteiger partial charge in [-0.25, -0.2) is 10.3 Å². The normalized spacial score (nSPS) is 10.3. The van der Waals surface area contributed by atoms with Crippen molar-refractivity contribution in [3.63, 3.8) is 0 Å². The summed E-state index contributed by atoms with van der Waals surface area (Å²) in [4.78, 5) is 19.7. The molecule has 2 aromatic rings. The highest BCUT2D eigenvalue weighted by molar-refractivity contribution is 6.30. The summed E-state index contributed by atoms with van der Waals surface area (Å²) in [5.74, 6) is 0.890. The summed E-state index contributed by atoms with van der Waals surface area (Å²) < 4.78 is 5.09. The van der Waals surface area contributed by atoms with Crippen LogP contribution in [0.15, 0.2) is 28.8 Å². The summed E-state index contributed by atoms with van der Waals surface area (Å²) >= 11 is 5.90. The molecule has 20 heavy (non-hydrogen) atoms. The third-order valence-electron chi connectivity index (χ3n) is 2.37. The molecule has 0 bridgehead atoms. The first-order chi connectivity index (χ1) is 9.69. The van der Waals surface area contributed by atoms with Crippen molar-refractivity contribution in [1.82, 2.24) is 20.9 Å². The van der Waals surface area contributed by atoms with Gasteiger partial charge in [0.1, 0.15) is 0 Å². The first-order valence-electron chi connectivity index (χ1n) is 5.84. The number of benzene rings is 1. The first kappa shape index (κ1) is 14.3. The lowest BCUT2D eigenvalue weighted by Gasteiger charge is -2.02. The topological polar surface area (TPSA) is 89.3 Å². The zero-order valence-corrected chi connectivity index (χ0v) is 11.5. The molecule has 8 heteroatoms. The quantitative estimate of drug-likeness (QED) is 0.821. The molecule has 2 rings (SSSR count). The first-order valence-corrected chi connectivity index (χ1v) is 6.22. The molecule has 106 valence electrons. The van der Waals surface area contributed by atoms with Crippen molar-refractivity contribution in [2.45, 2.75) is 6.42 Å². The van der Waals surface area contributed by atoms with Crippen molar-refractivity contribution in [3.05, 3.63) is 35.2 Å². The van der Waals surface area contributed by atoms with Crippen molar-refractivity contribution in [2.75, 3.05) is 13.7 Å². The maximum Gasteiger partial charge on any atom is 0.338 e. The zero-order chi connectivity index (χ0) is 14.4. The summed E-state index contributed by atoms with van der Waals surface area (Å²) in [5.41, 5.74) is 2.91. The Kier molecular flexibility index (Phi) is 4.91. The van der Waals surface area contributed by atoms with Gasteiger partial charge in [0.25, 0.3) is 0 Å². The summed E-state index contributed by atoms with van der Waals surface area (Å²) in [6.07, 6.45) is 0.421. The van der Waals surface area contributed by atoms with E-state index in [9.17, 15) is 4.79 Å². The largest absolute Gasteiger partial charge is 0.339 e. The predicted molar refractivity (Wildman–Crippen MR) is 72.0 cm³/mol. The maximum atomic E-state index is 11.1. The fourth-order valence-electron chi connectivity index (χ4n) is 1.51. The van der Waals surface area contributed by atoms with Crippen molar-refractivity contribution in [2.24, 2.45) is 0 Å². The van der Waals surface area contributed by atoms with E-state index in [1.165, 1.54) is 7.11 Å². The number of rotatable bonds is 5. The molecular formula is C12H13ClN4O3. The molecule has 1 heterocycles. The van der Waals surface area contributed by atoms with Crippen LogP contribution >= 0.6 is 11.6 Å². The van der Waals surface area contributed by atoms with Gasteiger partial charge in [-0.2, -0.15) is 4.98 Å². The fourth-order valence-corrected chi connectivity index (χ4v) is 1.70. The van der Waals surface area contributed by atoms with E-state index in [4.69, 9.17) is 16.1 Å². The second-order valence-electron chi connectivity index (χ2n) is 3.83. The number of amides is 2. The van der Waals surface area contributed by atoms with E-state index in [1.807, 2.05) is 12.1 Å². The maximum absolute atomic E-state index is 11.1. The lowest BCUT2D eigenvalue weighted by Crippen LogP contribution is -2.35. The average molecular weight is 297 g/mol. The van der Waals surface area contributed by atoms with E-state index in [0.29, 0.717) is 29.7 Å². The monoisotopic (exact) mass is 296 g/mol. The Morgan fingerprint density at radius 1 is 1.50 bits per heavy atom. The number of carbonyl (C=O) groups is 1. The van der Waals surface area contributed by atoms with Crippen LogP contribution in [-0.4, -0.2) is 29.8 Å². The summed E-state index contributed by atoms with van der Waals surface area (Å²) in [6.45, 7) is 0.354. The molecule has 7 nitrogen and oxygen atoms in total. The smallest absolute Gasteiger partial charge is 0.338 e. The SMILES string of the molecule is CONC(=O)NCCc1nc(-c2cccc(Cl)c2)no1. The van der Waals surface area contributed by atoms with E-state index in [2.05, 4.69) is 25.8 Å². The van der Waals surface area contributed by atoms with Crippen molar-refractivity contribution in [3.8, 4) is 11.4 Å². The van der Waals surface area contributed by atoms with Crippen LogP contribution in [0.25, 0.3) is 11.4 Å². The number of nitrogens with one attached hydrogen (secondary N) is 2. The third kappa shape index (κ3) is 3.94. The molecule has 0 spiro atoms. The van der Waals surface area contributed by atoms with Crippen LogP contribution in [0, 0.1) is 0 Å². The number of halogens is 1. The second-order valence-corrected chi connectivity index (χ2v) is 4.27. The standard InChI is InChI=1S/C12H13ClN4O3/c1-19-17-12(18)14-6-5-10-15-11(16-20-10)8-3-2-4-9(13)7-8/h2-4,7H,5-6H2,1H3,(H2,14,17,18). The van der Waals surface area contributed by atoms with Crippen LogP contribution in [-0.2, 0) is 11.3 Å². The highest BCUT2D eigenvalue weighted by Crippen LogP contribution is 2.19. The lowest BCUT2D eigenvalue weighted by molar-refractivity contribution is 0.107. The molecule has 0 aliphatic rings. The van der Waals surface area contributed by atoms with Gasteiger partial charge in [0.05, 0.1) is 7.11 Å². The van der Waals surface area contributed by atoms with Gasteiger partial charge >= 0.3 is 6.03 Å². The summed E-state index contributed by atoms with van der Waals surface area (Å²) in [6, 6.07) is 6.74. The predicted octanol–water partition coefficient (Wildman–Crippen LogP) is 1.79. The molecule has 2 N–H and O–H groups in total. The molecule has 0 fully saturated rings. The molecule has 0 atom stereocenters. The number of urea groups is 1. The van der Waals surface area contributed by atoms with Crippen LogP contribution in [0.2, 0.25) is 5.02 Å². The van der Waals surface area contributed by atoms with Crippen LogP contribution in [0.5, 0.6) is 0 Å². The zero-order valence-electron chi connectivity index (χ0n) is 10.7. The Balaban J connectivity index is 1.91. The molecule has 0 aliphatic carbocycles. The number of nitrogens with zero attached hydrogens (tertiary/aromatic N) is 2. The Hall–Kier alpha value is -2.12. The molecule has 2 amide bonds. The van der Waals surface area contributed by atoms with Crippen molar-refractivity contribution >= 4 is 17.6 Å². The van der Waals surface area contributed by atoms with Crippen LogP contribution < -0.4 is 10.8 Å². The summed E-state index contributed by atoms with van der Waals surface area (Å²) in [5, 5.41) is 7.03. The molecule has 0 aliphatic heterocycles. The number of hydrogen-bond acceptors (Lipinski definition) is 5. The van der Waals surface area contributed by atoms with Gasteiger partial charge in [-0.1, -0.05) is 28.9 Å². The molecule has 0 saturated carbocycles. The second kappa shape index (κ2) is 6.88. The van der Waals surface area contributed by atoms with E-state index in [-0.39, 0.29) is 0 Å². The number of aromatic nitrogens is 2. The lowest BCUT2D eigenvalue weighted by atomic mass is 10.2. The minimum atomic E-state index is -0.429. The summed E-state index contributed by atoms with van der Waals surface area (Å²) in [7, 11) is 1.36. The molecule has 0 unspecified atom stereocenters. The van der Waals surface area contributed by atoms with Crippen LogP contribution in [0.3, 0.4) is 0 Å². The number of carbonyl (C=O) groups excluding carboxylic acids is 1. The highest BCUT2D eigenvalue weighted by Gasteiger charge is 2.09. The van der Waals surface area contributed by atoms with E-state index >= 15 is 0 Å². The minimum Gasteiger partial charge on any atom is -0.339 e. The van der Waals surface area contributed by atoms with Gasteiger partial charge in [0, 0.05) is 23.6 Å². The molecule has 1 aromatic carbocycles. The van der Waals surface area contributed by atoms with E-state index < -0.39 is 6.03 Å². The van der Waals surface area contributed by atoms with Gasteiger partial charge < -0.3 is 9.84 Å². The Labute approximate surface area is 120 Å². The van der Waals surface area contributed by atoms with Gasteiger partial charge in [0.15, 0.2) is 0 Å². The Bertz CT molecular complexity index is 588. The van der Waals surface area contributed by atoms with Crippen LogP contribution in [0.1, 0.15) is 5.89 Å². The Morgan fingerprint density at radius 2 is 2.35 bits per heavy atom. The van der Waals surface area contributed by atoms with Crippen LogP contribution in [0.4, 0.5) is 4.79 Å². The number of hydroxylamine groups is 1.